The largest absolute Gasteiger partial charge is 0.370 e. The van der Waals surface area contributed by atoms with Crippen LogP contribution in [0.5, 0.6) is 0 Å². The standard InChI is InChI=1S/C11H19N3O/c1-2-14-8-13-6-9(14)7-15-11-5-3-4-10(11)12/h6,8,10-11H,2-5,7,12H2,1H3. The lowest BCUT2D eigenvalue weighted by atomic mass is 10.2. The van der Waals surface area contributed by atoms with E-state index in [4.69, 9.17) is 10.5 Å². The molecular formula is C11H19N3O. The zero-order valence-corrected chi connectivity index (χ0v) is 9.22. The molecule has 2 atom stereocenters. The van der Waals surface area contributed by atoms with Crippen LogP contribution in [0, 0.1) is 0 Å². The molecule has 1 heterocycles. The maximum Gasteiger partial charge on any atom is 0.0948 e. The van der Waals surface area contributed by atoms with Crippen LogP contribution in [-0.2, 0) is 17.9 Å². The van der Waals surface area contributed by atoms with Crippen molar-refractivity contribution in [3.63, 3.8) is 0 Å². The summed E-state index contributed by atoms with van der Waals surface area (Å²) in [5, 5.41) is 0. The number of imidazole rings is 1. The third-order valence-corrected chi connectivity index (χ3v) is 3.09. The zero-order valence-electron chi connectivity index (χ0n) is 9.22. The van der Waals surface area contributed by atoms with Crippen LogP contribution < -0.4 is 5.73 Å². The van der Waals surface area contributed by atoms with Crippen molar-refractivity contribution in [1.29, 1.82) is 0 Å². The van der Waals surface area contributed by atoms with E-state index in [-0.39, 0.29) is 12.1 Å². The molecule has 2 N–H and O–H groups in total. The number of aryl methyl sites for hydroxylation is 1. The summed E-state index contributed by atoms with van der Waals surface area (Å²) in [6, 6.07) is 0.225. The second-order valence-electron chi connectivity index (χ2n) is 4.12. The van der Waals surface area contributed by atoms with Crippen LogP contribution in [0.3, 0.4) is 0 Å². The first kappa shape index (κ1) is 10.6. The van der Waals surface area contributed by atoms with E-state index in [1.54, 1.807) is 0 Å². The summed E-state index contributed by atoms with van der Waals surface area (Å²) in [4.78, 5) is 4.11. The molecule has 2 unspecified atom stereocenters. The Bertz CT molecular complexity index is 311. The quantitative estimate of drug-likeness (QED) is 0.813. The number of rotatable bonds is 4. The summed E-state index contributed by atoms with van der Waals surface area (Å²) in [6.07, 6.45) is 7.33. The normalized spacial score (nSPS) is 26.0. The van der Waals surface area contributed by atoms with Crippen molar-refractivity contribution in [1.82, 2.24) is 9.55 Å². The van der Waals surface area contributed by atoms with Gasteiger partial charge in [-0.05, 0) is 26.2 Å². The summed E-state index contributed by atoms with van der Waals surface area (Å²) >= 11 is 0. The summed E-state index contributed by atoms with van der Waals surface area (Å²) in [5.41, 5.74) is 7.08. The van der Waals surface area contributed by atoms with Crippen LogP contribution in [0.25, 0.3) is 0 Å². The van der Waals surface area contributed by atoms with Crippen LogP contribution in [0.1, 0.15) is 31.9 Å². The third-order valence-electron chi connectivity index (χ3n) is 3.09. The van der Waals surface area contributed by atoms with Crippen molar-refractivity contribution in [2.45, 2.75) is 51.5 Å². The predicted molar refractivity (Wildman–Crippen MR) is 58.3 cm³/mol. The lowest BCUT2D eigenvalue weighted by Gasteiger charge is -2.16. The van der Waals surface area contributed by atoms with Crippen LogP contribution in [0.2, 0.25) is 0 Å². The van der Waals surface area contributed by atoms with E-state index >= 15 is 0 Å². The van der Waals surface area contributed by atoms with Crippen molar-refractivity contribution >= 4 is 0 Å². The molecule has 0 radical (unpaired) electrons. The number of ether oxygens (including phenoxy) is 1. The van der Waals surface area contributed by atoms with Gasteiger partial charge in [0.15, 0.2) is 0 Å². The van der Waals surface area contributed by atoms with Gasteiger partial charge in [0.1, 0.15) is 0 Å². The van der Waals surface area contributed by atoms with Gasteiger partial charge in [0.2, 0.25) is 0 Å². The molecule has 1 aromatic rings. The molecule has 0 spiro atoms. The summed E-state index contributed by atoms with van der Waals surface area (Å²) in [6.45, 7) is 3.67. The highest BCUT2D eigenvalue weighted by Crippen LogP contribution is 2.21. The molecule has 84 valence electrons. The van der Waals surface area contributed by atoms with Crippen molar-refractivity contribution in [2.24, 2.45) is 5.73 Å². The van der Waals surface area contributed by atoms with Gasteiger partial charge in [-0.3, -0.25) is 0 Å². The van der Waals surface area contributed by atoms with Gasteiger partial charge < -0.3 is 15.0 Å². The Balaban J connectivity index is 1.87. The number of nitrogens with two attached hydrogens (primary N) is 1. The molecule has 0 amide bonds. The fourth-order valence-electron chi connectivity index (χ4n) is 2.11. The highest BCUT2D eigenvalue weighted by Gasteiger charge is 2.24. The molecule has 1 saturated carbocycles. The van der Waals surface area contributed by atoms with E-state index in [0.29, 0.717) is 6.61 Å². The van der Waals surface area contributed by atoms with Gasteiger partial charge in [-0.15, -0.1) is 0 Å². The van der Waals surface area contributed by atoms with E-state index < -0.39 is 0 Å². The van der Waals surface area contributed by atoms with Gasteiger partial charge in [0.25, 0.3) is 0 Å². The first-order valence-electron chi connectivity index (χ1n) is 5.67. The van der Waals surface area contributed by atoms with E-state index in [0.717, 1.165) is 25.1 Å². The molecule has 4 nitrogen and oxygen atoms in total. The second kappa shape index (κ2) is 4.77. The Hall–Kier alpha value is -0.870. The van der Waals surface area contributed by atoms with Gasteiger partial charge in [0, 0.05) is 12.6 Å². The molecule has 4 heteroatoms. The minimum atomic E-state index is 0.225. The number of hydrogen-bond donors (Lipinski definition) is 1. The fourth-order valence-corrected chi connectivity index (χ4v) is 2.11. The van der Waals surface area contributed by atoms with E-state index in [1.807, 2.05) is 12.5 Å². The second-order valence-corrected chi connectivity index (χ2v) is 4.12. The van der Waals surface area contributed by atoms with Gasteiger partial charge in [0.05, 0.1) is 30.9 Å². The third kappa shape index (κ3) is 2.38. The Morgan fingerprint density at radius 2 is 2.47 bits per heavy atom. The minimum absolute atomic E-state index is 0.225. The molecule has 0 bridgehead atoms. The molecule has 1 aliphatic rings. The predicted octanol–water partition coefficient (Wildman–Crippen LogP) is 1.30. The summed E-state index contributed by atoms with van der Waals surface area (Å²) < 4.78 is 7.91. The molecule has 1 aromatic heterocycles. The summed E-state index contributed by atoms with van der Waals surface area (Å²) in [5.74, 6) is 0. The first-order chi connectivity index (χ1) is 7.31. The number of aromatic nitrogens is 2. The highest BCUT2D eigenvalue weighted by atomic mass is 16.5. The monoisotopic (exact) mass is 209 g/mol. The fraction of sp³-hybridized carbons (Fsp3) is 0.727. The topological polar surface area (TPSA) is 53.1 Å². The summed E-state index contributed by atoms with van der Waals surface area (Å²) in [7, 11) is 0. The van der Waals surface area contributed by atoms with Crippen molar-refractivity contribution in [3.05, 3.63) is 18.2 Å². The molecule has 0 aliphatic heterocycles. The average Bonchev–Trinajstić information content (AvgIpc) is 2.83. The van der Waals surface area contributed by atoms with Crippen LogP contribution in [0.4, 0.5) is 0 Å². The molecule has 1 aliphatic carbocycles. The zero-order chi connectivity index (χ0) is 10.7. The Labute approximate surface area is 90.4 Å². The van der Waals surface area contributed by atoms with Crippen LogP contribution in [-0.4, -0.2) is 21.7 Å². The van der Waals surface area contributed by atoms with Crippen LogP contribution >= 0.6 is 0 Å². The van der Waals surface area contributed by atoms with E-state index in [2.05, 4.69) is 16.5 Å². The Morgan fingerprint density at radius 3 is 3.13 bits per heavy atom. The highest BCUT2D eigenvalue weighted by molar-refractivity contribution is 4.96. The van der Waals surface area contributed by atoms with Gasteiger partial charge in [-0.25, -0.2) is 4.98 Å². The van der Waals surface area contributed by atoms with Gasteiger partial charge in [-0.1, -0.05) is 0 Å². The molecule has 2 rings (SSSR count). The molecular weight excluding hydrogens is 190 g/mol. The number of nitrogens with zero attached hydrogens (tertiary/aromatic N) is 2. The lowest BCUT2D eigenvalue weighted by molar-refractivity contribution is 0.0324. The van der Waals surface area contributed by atoms with Gasteiger partial charge >= 0.3 is 0 Å². The molecule has 0 saturated heterocycles. The SMILES string of the molecule is CCn1cncc1COC1CCCC1N. The lowest BCUT2D eigenvalue weighted by Crippen LogP contribution is -2.31. The molecule has 15 heavy (non-hydrogen) atoms. The minimum Gasteiger partial charge on any atom is -0.370 e. The first-order valence-corrected chi connectivity index (χ1v) is 5.67. The van der Waals surface area contributed by atoms with Crippen molar-refractivity contribution < 1.29 is 4.74 Å². The van der Waals surface area contributed by atoms with Crippen molar-refractivity contribution in [3.8, 4) is 0 Å². The Morgan fingerprint density at radius 1 is 1.60 bits per heavy atom. The smallest absolute Gasteiger partial charge is 0.0948 e. The van der Waals surface area contributed by atoms with Crippen molar-refractivity contribution in [2.75, 3.05) is 0 Å². The maximum atomic E-state index is 5.94. The van der Waals surface area contributed by atoms with E-state index in [1.165, 1.54) is 6.42 Å². The van der Waals surface area contributed by atoms with Crippen LogP contribution in [0.15, 0.2) is 12.5 Å². The number of hydrogen-bond acceptors (Lipinski definition) is 3. The molecule has 0 aromatic carbocycles. The Kier molecular flexibility index (Phi) is 3.38. The maximum absolute atomic E-state index is 5.94. The van der Waals surface area contributed by atoms with E-state index in [9.17, 15) is 0 Å². The van der Waals surface area contributed by atoms with Gasteiger partial charge in [-0.2, -0.15) is 0 Å². The average molecular weight is 209 g/mol. The molecule has 1 fully saturated rings.